The Labute approximate surface area is 278 Å². The van der Waals surface area contributed by atoms with E-state index in [4.69, 9.17) is 0 Å². The van der Waals surface area contributed by atoms with Crippen molar-refractivity contribution in [3.63, 3.8) is 0 Å². The zero-order valence-electron chi connectivity index (χ0n) is 29.4. The van der Waals surface area contributed by atoms with E-state index in [1.807, 2.05) is 70.9 Å². The summed E-state index contributed by atoms with van der Waals surface area (Å²) < 4.78 is 18.9. The maximum absolute atomic E-state index is 15.3. The van der Waals surface area contributed by atoms with Crippen molar-refractivity contribution in [3.8, 4) is 11.8 Å². The second-order valence-corrected chi connectivity index (χ2v) is 12.4. The van der Waals surface area contributed by atoms with E-state index >= 15 is 4.39 Å². The molecule has 1 atom stereocenters. The van der Waals surface area contributed by atoms with Gasteiger partial charge in [-0.25, -0.2) is 9.37 Å². The molecule has 248 valence electrons. The first kappa shape index (κ1) is 36.3. The standard InChI is InChI=1S/C37H47FN8O/c1-12-34(43-30(20-39-8)21-40-9)35-41-22-31(46(35)11)14-13-27-18-32(33(38)16-25(27)3)36(47)44-29(17-26(4)37(5,6)7)15-24(2)28-19-42-45(10)23-28/h12,15-24,39,43H,1-11H3,(H,44,47)/b26-17+,29-15+,30-20+,34-12+,40-21?. The molecule has 0 saturated carbocycles. The van der Waals surface area contributed by atoms with Crippen LogP contribution in [0.2, 0.25) is 0 Å². The van der Waals surface area contributed by atoms with Crippen LogP contribution in [0, 0.1) is 30.0 Å². The maximum Gasteiger partial charge on any atom is 0.258 e. The Morgan fingerprint density at radius 3 is 2.45 bits per heavy atom. The lowest BCUT2D eigenvalue weighted by Gasteiger charge is -2.21. The number of aryl methyl sites for hydroxylation is 2. The number of rotatable bonds is 10. The van der Waals surface area contributed by atoms with E-state index in [2.05, 4.69) is 63.6 Å². The maximum atomic E-state index is 15.3. The quantitative estimate of drug-likeness (QED) is 0.141. The molecular formula is C37H47FN8O. The van der Waals surface area contributed by atoms with E-state index in [1.54, 1.807) is 43.5 Å². The minimum atomic E-state index is -0.616. The number of imidazole rings is 1. The first-order valence-electron chi connectivity index (χ1n) is 15.5. The summed E-state index contributed by atoms with van der Waals surface area (Å²) in [5, 5.41) is 13.5. The van der Waals surface area contributed by atoms with Gasteiger partial charge in [0.15, 0.2) is 5.82 Å². The number of carbonyl (C=O) groups excluding carboxylic acids is 1. The van der Waals surface area contributed by atoms with Crippen LogP contribution in [0.15, 0.2) is 77.1 Å². The summed E-state index contributed by atoms with van der Waals surface area (Å²) in [7, 11) is 7.25. The molecule has 0 aliphatic carbocycles. The highest BCUT2D eigenvalue weighted by Crippen LogP contribution is 2.27. The van der Waals surface area contributed by atoms with E-state index in [0.29, 0.717) is 28.3 Å². The molecule has 3 rings (SSSR count). The number of aromatic nitrogens is 4. The number of hydrogen-bond donors (Lipinski definition) is 3. The number of halogens is 1. The molecule has 1 amide bonds. The van der Waals surface area contributed by atoms with Crippen LogP contribution in [-0.4, -0.2) is 45.5 Å². The summed E-state index contributed by atoms with van der Waals surface area (Å²) in [6, 6.07) is 2.85. The molecule has 10 heteroatoms. The van der Waals surface area contributed by atoms with Gasteiger partial charge in [-0.3, -0.25) is 14.5 Å². The second kappa shape index (κ2) is 15.9. The van der Waals surface area contributed by atoms with Crippen molar-refractivity contribution in [1.29, 1.82) is 0 Å². The Morgan fingerprint density at radius 2 is 1.85 bits per heavy atom. The minimum Gasteiger partial charge on any atom is -0.392 e. The van der Waals surface area contributed by atoms with Gasteiger partial charge in [-0.1, -0.05) is 51.3 Å². The molecule has 0 saturated heterocycles. The Bertz CT molecular complexity index is 1820. The molecule has 0 aliphatic rings. The largest absolute Gasteiger partial charge is 0.392 e. The molecule has 47 heavy (non-hydrogen) atoms. The number of hydrogen-bond acceptors (Lipinski definition) is 6. The third-order valence-electron chi connectivity index (χ3n) is 7.74. The van der Waals surface area contributed by atoms with E-state index in [-0.39, 0.29) is 16.9 Å². The molecule has 0 aliphatic heterocycles. The van der Waals surface area contributed by atoms with Crippen LogP contribution in [0.4, 0.5) is 4.39 Å². The summed E-state index contributed by atoms with van der Waals surface area (Å²) in [4.78, 5) is 22.2. The molecule has 3 N–H and O–H groups in total. The van der Waals surface area contributed by atoms with Crippen LogP contribution < -0.4 is 16.0 Å². The van der Waals surface area contributed by atoms with Gasteiger partial charge in [0.2, 0.25) is 0 Å². The summed E-state index contributed by atoms with van der Waals surface area (Å²) in [6.45, 7) is 14.0. The van der Waals surface area contributed by atoms with Gasteiger partial charge < -0.3 is 20.5 Å². The molecule has 0 bridgehead atoms. The SMILES string of the molecule is C/C=C(/N/C(C=NC)=C/NC)c1ncc(C#Cc2cc(C(=O)NC(=C/C(C)c3cnn(C)c3)/C=C(\C)C(C)(C)C)c(F)cc2C)n1C. The van der Waals surface area contributed by atoms with Crippen LogP contribution in [-0.2, 0) is 14.1 Å². The number of nitrogens with zero attached hydrogens (tertiary/aromatic N) is 5. The van der Waals surface area contributed by atoms with Gasteiger partial charge >= 0.3 is 0 Å². The Morgan fingerprint density at radius 1 is 1.13 bits per heavy atom. The Kier molecular flexibility index (Phi) is 12.3. The molecule has 1 aromatic carbocycles. The van der Waals surface area contributed by atoms with Crippen LogP contribution >= 0.6 is 0 Å². The number of carbonyl (C=O) groups is 1. The zero-order valence-corrected chi connectivity index (χ0v) is 29.4. The van der Waals surface area contributed by atoms with E-state index in [1.165, 1.54) is 12.1 Å². The molecule has 0 radical (unpaired) electrons. The van der Waals surface area contributed by atoms with Crippen LogP contribution in [0.1, 0.15) is 86.0 Å². The predicted octanol–water partition coefficient (Wildman–Crippen LogP) is 6.12. The van der Waals surface area contributed by atoms with Crippen molar-refractivity contribution in [3.05, 3.63) is 112 Å². The van der Waals surface area contributed by atoms with E-state index in [9.17, 15) is 4.79 Å². The highest BCUT2D eigenvalue weighted by molar-refractivity contribution is 5.96. The number of nitrogens with one attached hydrogen (secondary N) is 3. The highest BCUT2D eigenvalue weighted by Gasteiger charge is 2.18. The predicted molar refractivity (Wildman–Crippen MR) is 189 cm³/mol. The summed E-state index contributed by atoms with van der Waals surface area (Å²) in [5.41, 5.74) is 5.79. The highest BCUT2D eigenvalue weighted by atomic mass is 19.1. The fourth-order valence-corrected chi connectivity index (χ4v) is 4.52. The number of benzene rings is 1. The monoisotopic (exact) mass is 638 g/mol. The van der Waals surface area contributed by atoms with Crippen LogP contribution in [0.3, 0.4) is 0 Å². The van der Waals surface area contributed by atoms with E-state index < -0.39 is 11.7 Å². The fourth-order valence-electron chi connectivity index (χ4n) is 4.52. The third kappa shape index (κ3) is 9.66. The molecule has 0 spiro atoms. The van der Waals surface area contributed by atoms with Gasteiger partial charge in [-0.05, 0) is 61.4 Å². The van der Waals surface area contributed by atoms with Gasteiger partial charge in [0.25, 0.3) is 5.91 Å². The summed E-state index contributed by atoms with van der Waals surface area (Å²) in [6.07, 6.45) is 14.7. The number of amides is 1. The molecule has 9 nitrogen and oxygen atoms in total. The van der Waals surface area contributed by atoms with Crippen molar-refractivity contribution in [2.45, 2.75) is 54.4 Å². The summed E-state index contributed by atoms with van der Waals surface area (Å²) in [5.74, 6) is 5.74. The molecule has 2 aromatic heterocycles. The van der Waals surface area contributed by atoms with Crippen molar-refractivity contribution < 1.29 is 9.18 Å². The molecule has 3 aromatic rings. The molecule has 1 unspecified atom stereocenters. The van der Waals surface area contributed by atoms with Crippen molar-refractivity contribution >= 4 is 17.8 Å². The minimum absolute atomic E-state index is 0.0416. The van der Waals surface area contributed by atoms with Crippen molar-refractivity contribution in [2.75, 3.05) is 14.1 Å². The van der Waals surface area contributed by atoms with Crippen molar-refractivity contribution in [2.24, 2.45) is 24.5 Å². The number of aliphatic imine (C=N–C) groups is 1. The Balaban J connectivity index is 1.95. The normalized spacial score (nSPS) is 13.8. The second-order valence-electron chi connectivity index (χ2n) is 12.4. The average molecular weight is 639 g/mol. The molecular weight excluding hydrogens is 591 g/mol. The Hall–Kier alpha value is -5.17. The van der Waals surface area contributed by atoms with Gasteiger partial charge in [0.05, 0.1) is 29.4 Å². The van der Waals surface area contributed by atoms with Gasteiger partial charge in [-0.15, -0.1) is 0 Å². The van der Waals surface area contributed by atoms with Crippen LogP contribution in [0.5, 0.6) is 0 Å². The van der Waals surface area contributed by atoms with Gasteiger partial charge in [0, 0.05) is 64.0 Å². The smallest absolute Gasteiger partial charge is 0.258 e. The number of allylic oxidation sites excluding steroid dienone is 5. The van der Waals surface area contributed by atoms with Gasteiger partial charge in [0.1, 0.15) is 11.5 Å². The lowest BCUT2D eigenvalue weighted by molar-refractivity contribution is 0.0963. The van der Waals surface area contributed by atoms with Crippen LogP contribution in [0.25, 0.3) is 5.70 Å². The third-order valence-corrected chi connectivity index (χ3v) is 7.74. The fraction of sp³-hybridized carbons (Fsp3) is 0.351. The van der Waals surface area contributed by atoms with E-state index in [0.717, 1.165) is 22.5 Å². The lowest BCUT2D eigenvalue weighted by atomic mass is 9.87. The molecule has 2 heterocycles. The van der Waals surface area contributed by atoms with Crippen molar-refractivity contribution in [1.82, 2.24) is 35.3 Å². The van der Waals surface area contributed by atoms with Gasteiger partial charge in [-0.2, -0.15) is 5.10 Å². The molecule has 0 fully saturated rings. The average Bonchev–Trinajstić information content (AvgIpc) is 3.60. The first-order valence-corrected chi connectivity index (χ1v) is 15.5. The first-order chi connectivity index (χ1) is 22.2. The topological polar surface area (TPSA) is 101 Å². The lowest BCUT2D eigenvalue weighted by Crippen LogP contribution is -2.24. The zero-order chi connectivity index (χ0) is 34.9. The summed E-state index contributed by atoms with van der Waals surface area (Å²) >= 11 is 0.